The fourth-order valence-corrected chi connectivity index (χ4v) is 3.12. The summed E-state index contributed by atoms with van der Waals surface area (Å²) in [6, 6.07) is 6.01. The van der Waals surface area contributed by atoms with E-state index in [9.17, 15) is 4.79 Å². The van der Waals surface area contributed by atoms with E-state index in [0.717, 1.165) is 11.5 Å². The summed E-state index contributed by atoms with van der Waals surface area (Å²) in [7, 11) is 3.09. The topological polar surface area (TPSA) is 35.5 Å². The van der Waals surface area contributed by atoms with E-state index in [1.54, 1.807) is 18.9 Å². The van der Waals surface area contributed by atoms with Crippen LogP contribution < -0.4 is 4.74 Å². The van der Waals surface area contributed by atoms with Crippen molar-refractivity contribution in [3.63, 3.8) is 0 Å². The zero-order chi connectivity index (χ0) is 11.5. The number of carbonyl (C=O) groups excluding carboxylic acids is 1. The van der Waals surface area contributed by atoms with Gasteiger partial charge in [-0.2, -0.15) is 0 Å². The molecule has 0 N–H and O–H groups in total. The van der Waals surface area contributed by atoms with Crippen molar-refractivity contribution in [2.24, 2.45) is 0 Å². The first-order valence-corrected chi connectivity index (χ1v) is 6.10. The van der Waals surface area contributed by atoms with E-state index in [4.69, 9.17) is 9.47 Å². The van der Waals surface area contributed by atoms with Crippen LogP contribution in [0.15, 0.2) is 23.1 Å². The average Bonchev–Trinajstić information content (AvgIpc) is 2.71. The lowest BCUT2D eigenvalue weighted by Gasteiger charge is -2.09. The number of rotatable bonds is 3. The average molecular weight is 238 g/mol. The molecule has 16 heavy (non-hydrogen) atoms. The molecule has 0 aliphatic carbocycles. The Bertz CT molecular complexity index is 403. The van der Waals surface area contributed by atoms with Gasteiger partial charge in [0.05, 0.1) is 20.6 Å². The Kier molecular flexibility index (Phi) is 3.39. The molecule has 4 heteroatoms. The molecule has 1 aromatic rings. The summed E-state index contributed by atoms with van der Waals surface area (Å²) in [5.74, 6) is 1.94. The second-order valence-electron chi connectivity index (χ2n) is 3.69. The highest BCUT2D eigenvalue weighted by Crippen LogP contribution is 2.42. The van der Waals surface area contributed by atoms with Gasteiger partial charge in [0.15, 0.2) is 0 Å². The zero-order valence-corrected chi connectivity index (χ0v) is 10.2. The van der Waals surface area contributed by atoms with Crippen LogP contribution in [0.2, 0.25) is 0 Å². The summed E-state index contributed by atoms with van der Waals surface area (Å²) >= 11 is 1.77. The van der Waals surface area contributed by atoms with Gasteiger partial charge in [0.1, 0.15) is 5.75 Å². The normalized spacial score (nSPS) is 18.0. The van der Waals surface area contributed by atoms with Gasteiger partial charge in [-0.3, -0.25) is 4.79 Å². The van der Waals surface area contributed by atoms with E-state index in [0.29, 0.717) is 6.42 Å². The molecule has 2 rings (SSSR count). The molecule has 1 aliphatic rings. The lowest BCUT2D eigenvalue weighted by atomic mass is 9.98. The number of hydrogen-bond acceptors (Lipinski definition) is 4. The maximum Gasteiger partial charge on any atom is 0.306 e. The van der Waals surface area contributed by atoms with Crippen LogP contribution in [-0.4, -0.2) is 25.9 Å². The highest BCUT2D eigenvalue weighted by molar-refractivity contribution is 7.99. The quantitative estimate of drug-likeness (QED) is 0.758. The van der Waals surface area contributed by atoms with Gasteiger partial charge in [0.2, 0.25) is 0 Å². The lowest BCUT2D eigenvalue weighted by molar-refractivity contribution is -0.140. The first-order valence-electron chi connectivity index (χ1n) is 5.12. The zero-order valence-electron chi connectivity index (χ0n) is 9.36. The molecule has 1 atom stereocenters. The molecule has 0 aromatic heterocycles. The summed E-state index contributed by atoms with van der Waals surface area (Å²) < 4.78 is 9.87. The predicted molar refractivity (Wildman–Crippen MR) is 63.1 cm³/mol. The number of carbonyl (C=O) groups is 1. The van der Waals surface area contributed by atoms with Crippen molar-refractivity contribution in [1.29, 1.82) is 0 Å². The maximum atomic E-state index is 11.2. The molecule has 0 bridgehead atoms. The number of benzene rings is 1. The largest absolute Gasteiger partial charge is 0.497 e. The van der Waals surface area contributed by atoms with Crippen LogP contribution in [-0.2, 0) is 9.53 Å². The van der Waals surface area contributed by atoms with Crippen molar-refractivity contribution in [1.82, 2.24) is 0 Å². The Hall–Kier alpha value is -1.16. The van der Waals surface area contributed by atoms with Gasteiger partial charge in [-0.05, 0) is 17.7 Å². The van der Waals surface area contributed by atoms with Crippen LogP contribution >= 0.6 is 11.8 Å². The third-order valence-corrected chi connectivity index (χ3v) is 3.97. The molecule has 0 saturated heterocycles. The highest BCUT2D eigenvalue weighted by atomic mass is 32.2. The van der Waals surface area contributed by atoms with Crippen LogP contribution in [0.5, 0.6) is 5.75 Å². The standard InChI is InChI=1S/C12H14O3S/c1-14-9-3-4-10-8(5-12(13)15-2)7-16-11(10)6-9/h3-4,6,8H,5,7H2,1-2H3. The fraction of sp³-hybridized carbons (Fsp3) is 0.417. The Morgan fingerprint density at radius 3 is 3.00 bits per heavy atom. The molecule has 3 nitrogen and oxygen atoms in total. The molecule has 0 saturated carbocycles. The SMILES string of the molecule is COC(=O)CC1CSc2cc(OC)ccc21. The number of ether oxygens (including phenoxy) is 2. The molecule has 86 valence electrons. The van der Waals surface area contributed by atoms with E-state index in [1.165, 1.54) is 17.6 Å². The Labute approximate surface area is 99.1 Å². The van der Waals surface area contributed by atoms with Gasteiger partial charge < -0.3 is 9.47 Å². The van der Waals surface area contributed by atoms with Crippen molar-refractivity contribution < 1.29 is 14.3 Å². The summed E-state index contributed by atoms with van der Waals surface area (Å²) in [5.41, 5.74) is 1.23. The smallest absolute Gasteiger partial charge is 0.306 e. The summed E-state index contributed by atoms with van der Waals surface area (Å²) in [6.45, 7) is 0. The second-order valence-corrected chi connectivity index (χ2v) is 4.75. The monoisotopic (exact) mass is 238 g/mol. The molecule has 1 aliphatic heterocycles. The minimum atomic E-state index is -0.144. The van der Waals surface area contributed by atoms with E-state index in [2.05, 4.69) is 0 Å². The first-order chi connectivity index (χ1) is 7.74. The van der Waals surface area contributed by atoms with Crippen LogP contribution in [0, 0.1) is 0 Å². The van der Waals surface area contributed by atoms with Crippen molar-refractivity contribution in [3.8, 4) is 5.75 Å². The number of fused-ring (bicyclic) bond motifs is 1. The molecule has 1 heterocycles. The third kappa shape index (κ3) is 2.16. The van der Waals surface area contributed by atoms with Crippen LogP contribution in [0.1, 0.15) is 17.9 Å². The van der Waals surface area contributed by atoms with E-state index in [-0.39, 0.29) is 11.9 Å². The lowest BCUT2D eigenvalue weighted by Crippen LogP contribution is -2.07. The minimum absolute atomic E-state index is 0.144. The first kappa shape index (κ1) is 11.3. The summed E-state index contributed by atoms with van der Waals surface area (Å²) in [4.78, 5) is 12.5. The van der Waals surface area contributed by atoms with Gasteiger partial charge in [0.25, 0.3) is 0 Å². The third-order valence-electron chi connectivity index (χ3n) is 2.74. The van der Waals surface area contributed by atoms with Crippen molar-refractivity contribution in [2.75, 3.05) is 20.0 Å². The van der Waals surface area contributed by atoms with Crippen LogP contribution in [0.3, 0.4) is 0 Å². The van der Waals surface area contributed by atoms with Gasteiger partial charge in [-0.25, -0.2) is 0 Å². The molecular weight excluding hydrogens is 224 g/mol. The molecule has 0 radical (unpaired) electrons. The number of thioether (sulfide) groups is 1. The van der Waals surface area contributed by atoms with E-state index >= 15 is 0 Å². The number of methoxy groups -OCH3 is 2. The molecule has 1 aromatic carbocycles. The van der Waals surface area contributed by atoms with Gasteiger partial charge in [-0.1, -0.05) is 6.07 Å². The molecule has 0 spiro atoms. The van der Waals surface area contributed by atoms with Crippen molar-refractivity contribution >= 4 is 17.7 Å². The maximum absolute atomic E-state index is 11.2. The van der Waals surface area contributed by atoms with Crippen molar-refractivity contribution in [2.45, 2.75) is 17.2 Å². The molecule has 0 amide bonds. The Morgan fingerprint density at radius 2 is 2.31 bits per heavy atom. The number of esters is 1. The fourth-order valence-electron chi connectivity index (χ4n) is 1.84. The van der Waals surface area contributed by atoms with Crippen LogP contribution in [0.4, 0.5) is 0 Å². The van der Waals surface area contributed by atoms with Gasteiger partial charge >= 0.3 is 5.97 Å². The Morgan fingerprint density at radius 1 is 1.50 bits per heavy atom. The van der Waals surface area contributed by atoms with E-state index in [1.807, 2.05) is 18.2 Å². The summed E-state index contributed by atoms with van der Waals surface area (Å²) in [6.07, 6.45) is 0.461. The van der Waals surface area contributed by atoms with Gasteiger partial charge in [0, 0.05) is 16.6 Å². The molecule has 0 fully saturated rings. The second kappa shape index (κ2) is 4.78. The minimum Gasteiger partial charge on any atom is -0.497 e. The molecular formula is C12H14O3S. The predicted octanol–water partition coefficient (Wildman–Crippen LogP) is 2.45. The number of hydrogen-bond donors (Lipinski definition) is 0. The van der Waals surface area contributed by atoms with Crippen molar-refractivity contribution in [3.05, 3.63) is 23.8 Å². The van der Waals surface area contributed by atoms with E-state index < -0.39 is 0 Å². The highest BCUT2D eigenvalue weighted by Gasteiger charge is 2.25. The molecule has 1 unspecified atom stereocenters. The van der Waals surface area contributed by atoms with Crippen LogP contribution in [0.25, 0.3) is 0 Å². The Balaban J connectivity index is 2.17. The van der Waals surface area contributed by atoms with Gasteiger partial charge in [-0.15, -0.1) is 11.8 Å². The summed E-state index contributed by atoms with van der Waals surface area (Å²) in [5, 5.41) is 0.